The van der Waals surface area contributed by atoms with Crippen molar-refractivity contribution in [3.05, 3.63) is 52.5 Å². The van der Waals surface area contributed by atoms with Gasteiger partial charge in [0.25, 0.3) is 0 Å². The van der Waals surface area contributed by atoms with E-state index in [0.717, 1.165) is 23.4 Å². The van der Waals surface area contributed by atoms with Crippen LogP contribution in [0.4, 0.5) is 11.4 Å². The summed E-state index contributed by atoms with van der Waals surface area (Å²) in [5, 5.41) is 0.644. The Hall–Kier alpha value is -2.00. The van der Waals surface area contributed by atoms with Gasteiger partial charge in [0.15, 0.2) is 0 Å². The van der Waals surface area contributed by atoms with Crippen LogP contribution in [-0.2, 0) is 0 Å². The predicted molar refractivity (Wildman–Crippen MR) is 107 cm³/mol. The van der Waals surface area contributed by atoms with Gasteiger partial charge in [-0.15, -0.1) is 0 Å². The van der Waals surface area contributed by atoms with Crippen molar-refractivity contribution >= 4 is 29.2 Å². The molecule has 0 radical (unpaired) electrons. The zero-order valence-corrected chi connectivity index (χ0v) is 16.3. The van der Waals surface area contributed by atoms with Gasteiger partial charge in [0.1, 0.15) is 5.75 Å². The maximum atomic E-state index is 6.20. The Morgan fingerprint density at radius 2 is 2.00 bits per heavy atom. The number of fused-ring (bicyclic) bond motifs is 1. The second kappa shape index (κ2) is 6.72. The van der Waals surface area contributed by atoms with Gasteiger partial charge >= 0.3 is 0 Å². The lowest BCUT2D eigenvalue weighted by atomic mass is 9.80. The average Bonchev–Trinajstić information content (AvgIpc) is 2.58. The number of halogens is 1. The molecule has 0 aliphatic carbocycles. The van der Waals surface area contributed by atoms with Crippen LogP contribution < -0.4 is 9.64 Å². The monoisotopic (exact) mass is 356 g/mol. The molecule has 0 fully saturated rings. The molecule has 1 atom stereocenters. The fourth-order valence-electron chi connectivity index (χ4n) is 3.58. The minimum atomic E-state index is 0.130. The molecule has 1 unspecified atom stereocenters. The van der Waals surface area contributed by atoms with Crippen LogP contribution in [0.25, 0.3) is 0 Å². The molecule has 25 heavy (non-hydrogen) atoms. The van der Waals surface area contributed by atoms with E-state index in [9.17, 15) is 0 Å². The van der Waals surface area contributed by atoms with Crippen molar-refractivity contribution in [2.45, 2.75) is 38.6 Å². The highest BCUT2D eigenvalue weighted by molar-refractivity contribution is 6.33. The number of rotatable bonds is 3. The predicted octanol–water partition coefficient (Wildman–Crippen LogP) is 5.82. The van der Waals surface area contributed by atoms with Crippen molar-refractivity contribution in [1.29, 1.82) is 0 Å². The first-order valence-electron chi connectivity index (χ1n) is 8.58. The molecule has 0 saturated heterocycles. The second-order valence-corrected chi connectivity index (χ2v) is 7.75. The smallest absolute Gasteiger partial charge is 0.129 e. The second-order valence-electron chi connectivity index (χ2n) is 7.34. The number of hydrogen-bond acceptors (Lipinski definition) is 3. The molecule has 0 spiro atoms. The summed E-state index contributed by atoms with van der Waals surface area (Å²) in [4.78, 5) is 6.90. The first-order valence-corrected chi connectivity index (χ1v) is 8.95. The van der Waals surface area contributed by atoms with Gasteiger partial charge in [0.2, 0.25) is 0 Å². The van der Waals surface area contributed by atoms with Gasteiger partial charge in [-0.05, 0) is 49.9 Å². The lowest BCUT2D eigenvalue weighted by molar-refractivity contribution is 0.389. The van der Waals surface area contributed by atoms with Gasteiger partial charge in [-0.2, -0.15) is 0 Å². The summed E-state index contributed by atoms with van der Waals surface area (Å²) in [6.07, 6.45) is 2.96. The van der Waals surface area contributed by atoms with Gasteiger partial charge in [-0.3, -0.25) is 4.99 Å². The molecule has 1 heterocycles. The average molecular weight is 357 g/mol. The van der Waals surface area contributed by atoms with E-state index < -0.39 is 0 Å². The Labute approximate surface area is 155 Å². The maximum Gasteiger partial charge on any atom is 0.129 e. The highest BCUT2D eigenvalue weighted by atomic mass is 35.5. The van der Waals surface area contributed by atoms with Crippen LogP contribution in [0.3, 0.4) is 0 Å². The molecule has 3 nitrogen and oxygen atoms in total. The van der Waals surface area contributed by atoms with Crippen LogP contribution >= 0.6 is 11.6 Å². The summed E-state index contributed by atoms with van der Waals surface area (Å²) in [6, 6.07) is 11.9. The van der Waals surface area contributed by atoms with Crippen LogP contribution in [0, 0.1) is 0 Å². The van der Waals surface area contributed by atoms with E-state index in [1.165, 1.54) is 11.3 Å². The normalized spacial score (nSPS) is 19.1. The number of methoxy groups -OCH3 is 1. The molecule has 0 saturated carbocycles. The van der Waals surface area contributed by atoms with Crippen molar-refractivity contribution in [2.24, 2.45) is 4.99 Å². The number of nitrogens with zero attached hydrogens (tertiary/aromatic N) is 2. The Bertz CT molecular complexity index is 814. The topological polar surface area (TPSA) is 24.8 Å². The highest BCUT2D eigenvalue weighted by Gasteiger charge is 2.34. The van der Waals surface area contributed by atoms with Crippen LogP contribution in [0.5, 0.6) is 5.75 Å². The first-order chi connectivity index (χ1) is 11.8. The Balaban J connectivity index is 2.05. The van der Waals surface area contributed by atoms with Gasteiger partial charge in [0.05, 0.1) is 17.8 Å². The van der Waals surface area contributed by atoms with Crippen molar-refractivity contribution in [1.82, 2.24) is 0 Å². The highest BCUT2D eigenvalue weighted by Crippen LogP contribution is 2.44. The minimum absolute atomic E-state index is 0.130. The Kier molecular flexibility index (Phi) is 4.79. The number of hydrogen-bond donors (Lipinski definition) is 0. The SMILES string of the molecule is COc1cc2c(cc1C=Nc1ccccc1Cl)C(C)CC(C)(C)N2C. The summed E-state index contributed by atoms with van der Waals surface area (Å²) in [5.74, 6) is 1.31. The molecule has 0 N–H and O–H groups in total. The van der Waals surface area contributed by atoms with Gasteiger partial charge in [0, 0.05) is 36.1 Å². The quantitative estimate of drug-likeness (QED) is 0.647. The van der Waals surface area contributed by atoms with Crippen molar-refractivity contribution < 1.29 is 4.74 Å². The molecule has 0 amide bonds. The zero-order valence-electron chi connectivity index (χ0n) is 15.5. The third kappa shape index (κ3) is 3.38. The molecular formula is C21H25ClN2O. The molecule has 3 rings (SSSR count). The fraction of sp³-hybridized carbons (Fsp3) is 0.381. The van der Waals surface area contributed by atoms with Crippen LogP contribution in [0.1, 0.15) is 44.2 Å². The lowest BCUT2D eigenvalue weighted by Gasteiger charge is -2.45. The van der Waals surface area contributed by atoms with Crippen LogP contribution in [0.2, 0.25) is 5.02 Å². The summed E-state index contributed by atoms with van der Waals surface area (Å²) in [6.45, 7) is 6.85. The van der Waals surface area contributed by atoms with Gasteiger partial charge in [-0.25, -0.2) is 0 Å². The number of anilines is 1. The minimum Gasteiger partial charge on any atom is -0.496 e. The molecule has 2 aromatic rings. The van der Waals surface area contributed by atoms with Gasteiger partial charge < -0.3 is 9.64 Å². The largest absolute Gasteiger partial charge is 0.496 e. The fourth-order valence-corrected chi connectivity index (χ4v) is 3.77. The number of para-hydroxylation sites is 1. The Morgan fingerprint density at radius 3 is 2.68 bits per heavy atom. The van der Waals surface area contributed by atoms with E-state index in [1.807, 2.05) is 30.5 Å². The maximum absolute atomic E-state index is 6.20. The van der Waals surface area contributed by atoms with E-state index in [-0.39, 0.29) is 5.54 Å². The van der Waals surface area contributed by atoms with E-state index >= 15 is 0 Å². The third-order valence-corrected chi connectivity index (χ3v) is 5.50. The number of ether oxygens (including phenoxy) is 1. The van der Waals surface area contributed by atoms with E-state index in [1.54, 1.807) is 7.11 Å². The lowest BCUT2D eigenvalue weighted by Crippen LogP contribution is -2.45. The standard InChI is InChI=1S/C21H25ClN2O/c1-14-12-21(2,3)24(4)19-11-20(25-5)15(10-16(14)19)13-23-18-9-7-6-8-17(18)22/h6-11,13-14H,12H2,1-5H3. The molecule has 2 aromatic carbocycles. The van der Waals surface area contributed by atoms with Crippen molar-refractivity contribution in [2.75, 3.05) is 19.1 Å². The summed E-state index contributed by atoms with van der Waals surface area (Å²) >= 11 is 6.20. The molecule has 1 aliphatic heterocycles. The Morgan fingerprint density at radius 1 is 1.28 bits per heavy atom. The molecule has 1 aliphatic rings. The summed E-state index contributed by atoms with van der Waals surface area (Å²) in [7, 11) is 3.85. The number of benzene rings is 2. The molecule has 4 heteroatoms. The molecule has 0 bridgehead atoms. The van der Waals surface area contributed by atoms with Crippen LogP contribution in [-0.4, -0.2) is 25.9 Å². The van der Waals surface area contributed by atoms with Gasteiger partial charge in [-0.1, -0.05) is 30.7 Å². The zero-order chi connectivity index (χ0) is 18.2. The van der Waals surface area contributed by atoms with Crippen LogP contribution in [0.15, 0.2) is 41.4 Å². The third-order valence-electron chi connectivity index (χ3n) is 5.18. The van der Waals surface area contributed by atoms with Crippen molar-refractivity contribution in [3.8, 4) is 5.75 Å². The first kappa shape index (κ1) is 17.8. The summed E-state index contributed by atoms with van der Waals surface area (Å²) in [5.41, 5.74) is 4.43. The molecular weight excluding hydrogens is 332 g/mol. The van der Waals surface area contributed by atoms with E-state index in [0.29, 0.717) is 10.9 Å². The molecule has 0 aromatic heterocycles. The molecule has 132 valence electrons. The van der Waals surface area contributed by atoms with E-state index in [2.05, 4.69) is 49.8 Å². The van der Waals surface area contributed by atoms with Crippen molar-refractivity contribution in [3.63, 3.8) is 0 Å². The summed E-state index contributed by atoms with van der Waals surface area (Å²) < 4.78 is 5.63. The number of aliphatic imine (C=N–C) groups is 1. The van der Waals surface area contributed by atoms with E-state index in [4.69, 9.17) is 16.3 Å².